The Labute approximate surface area is 193 Å². The maximum absolute atomic E-state index is 12.3. The predicted octanol–water partition coefficient (Wildman–Crippen LogP) is 2.61. The molecule has 2 aliphatic rings. The van der Waals surface area contributed by atoms with E-state index < -0.39 is 22.7 Å². The molecular weight excluding hydrogens is 460 g/mol. The van der Waals surface area contributed by atoms with Crippen LogP contribution in [0.25, 0.3) is 0 Å². The van der Waals surface area contributed by atoms with Crippen LogP contribution < -0.4 is 0 Å². The molecule has 2 aliphatic heterocycles. The van der Waals surface area contributed by atoms with Gasteiger partial charge in [0.1, 0.15) is 0 Å². The summed E-state index contributed by atoms with van der Waals surface area (Å²) < 4.78 is 0. The zero-order valence-electron chi connectivity index (χ0n) is 17.7. The van der Waals surface area contributed by atoms with Gasteiger partial charge in [0.25, 0.3) is 0 Å². The van der Waals surface area contributed by atoms with Crippen molar-refractivity contribution in [1.82, 2.24) is 9.80 Å². The summed E-state index contributed by atoms with van der Waals surface area (Å²) in [6, 6.07) is 0. The number of nitrogens with zero attached hydrogens (tertiary/aromatic N) is 2. The highest BCUT2D eigenvalue weighted by Gasteiger charge is 2.38. The Morgan fingerprint density at radius 1 is 0.656 bits per heavy atom. The molecule has 0 spiro atoms. The number of imide groups is 2. The fourth-order valence-electron chi connectivity index (χ4n) is 3.59. The van der Waals surface area contributed by atoms with E-state index in [4.69, 9.17) is 10.2 Å². The van der Waals surface area contributed by atoms with Gasteiger partial charge in [0.15, 0.2) is 0 Å². The first-order valence-corrected chi connectivity index (χ1v) is 12.9. The number of carbonyl (C=O) groups excluding carboxylic acids is 4. The third-order valence-corrected chi connectivity index (χ3v) is 8.33. The van der Waals surface area contributed by atoms with Crippen LogP contribution in [0.5, 0.6) is 0 Å². The number of hydrogen-bond acceptors (Lipinski definition) is 8. The van der Waals surface area contributed by atoms with E-state index in [2.05, 4.69) is 0 Å². The molecule has 2 saturated heterocycles. The molecule has 0 aliphatic carbocycles. The van der Waals surface area contributed by atoms with Crippen LogP contribution >= 0.6 is 21.6 Å². The maximum atomic E-state index is 12.3. The fourth-order valence-corrected chi connectivity index (χ4v) is 6.88. The Bertz CT molecular complexity index is 666. The van der Waals surface area contributed by atoms with E-state index in [1.165, 1.54) is 31.4 Å². The minimum Gasteiger partial charge on any atom is -0.481 e. The van der Waals surface area contributed by atoms with Gasteiger partial charge < -0.3 is 10.2 Å². The summed E-state index contributed by atoms with van der Waals surface area (Å²) in [7, 11) is 2.48. The Hall–Kier alpha value is -2.08. The number of carbonyl (C=O) groups is 6. The quantitative estimate of drug-likeness (QED) is 0.200. The summed E-state index contributed by atoms with van der Waals surface area (Å²) >= 11 is 0. The largest absolute Gasteiger partial charge is 0.481 e. The van der Waals surface area contributed by atoms with E-state index in [-0.39, 0.29) is 62.2 Å². The number of carboxylic acids is 2. The maximum Gasteiger partial charge on any atom is 0.303 e. The molecule has 0 radical (unpaired) electrons. The molecule has 2 fully saturated rings. The van der Waals surface area contributed by atoms with Crippen molar-refractivity contribution in [2.75, 3.05) is 0 Å². The van der Waals surface area contributed by atoms with Gasteiger partial charge in [0, 0.05) is 38.5 Å². The lowest BCUT2D eigenvalue weighted by Gasteiger charge is -2.30. The number of aliphatic carboxylic acids is 2. The van der Waals surface area contributed by atoms with E-state index in [0.717, 1.165) is 0 Å². The lowest BCUT2D eigenvalue weighted by molar-refractivity contribution is -0.141. The Morgan fingerprint density at radius 3 is 1.25 bits per heavy atom. The summed E-state index contributed by atoms with van der Waals surface area (Å²) in [4.78, 5) is 73.0. The zero-order valence-corrected chi connectivity index (χ0v) is 19.3. The summed E-state index contributed by atoms with van der Waals surface area (Å²) in [5, 5.41) is 16.6. The molecule has 0 aromatic rings. The van der Waals surface area contributed by atoms with Crippen LogP contribution in [0.15, 0.2) is 0 Å². The standard InChI is InChI=1S/C20H28N2O8S2/c23-13-9-10-14(24)21(13)17(5-1-3-7-19(27)28)31-32-18(6-2-4-8-20(29)30)22-15(25)11-12-16(22)26/h17-18H,1-12H2,(H,27,28)(H,29,30). The Balaban J connectivity index is 2.05. The number of likely N-dealkylation sites (tertiary alicyclic amines) is 2. The molecular formula is C20H28N2O8S2. The third-order valence-electron chi connectivity index (χ3n) is 5.22. The van der Waals surface area contributed by atoms with Crippen LogP contribution in [0, 0.1) is 0 Å². The number of hydrogen-bond donors (Lipinski definition) is 2. The van der Waals surface area contributed by atoms with E-state index in [9.17, 15) is 28.8 Å². The van der Waals surface area contributed by atoms with Crippen LogP contribution in [-0.4, -0.2) is 66.3 Å². The van der Waals surface area contributed by atoms with Crippen molar-refractivity contribution >= 4 is 57.2 Å². The van der Waals surface area contributed by atoms with Crippen molar-refractivity contribution in [3.05, 3.63) is 0 Å². The lowest BCUT2D eigenvalue weighted by Crippen LogP contribution is -2.39. The Morgan fingerprint density at radius 2 is 0.969 bits per heavy atom. The molecule has 2 N–H and O–H groups in total. The van der Waals surface area contributed by atoms with Crippen molar-refractivity contribution in [3.63, 3.8) is 0 Å². The number of amides is 4. The van der Waals surface area contributed by atoms with Gasteiger partial charge in [-0.15, -0.1) is 0 Å². The molecule has 2 heterocycles. The summed E-state index contributed by atoms with van der Waals surface area (Å²) in [6.07, 6.45) is 3.20. The summed E-state index contributed by atoms with van der Waals surface area (Å²) in [5.41, 5.74) is 0. The van der Waals surface area contributed by atoms with Gasteiger partial charge in [-0.3, -0.25) is 38.6 Å². The van der Waals surface area contributed by atoms with E-state index in [1.54, 1.807) is 0 Å². The number of unbranched alkanes of at least 4 members (excludes halogenated alkanes) is 2. The SMILES string of the molecule is O=C(O)CCCCC(SSC(CCCCC(=O)O)N1C(=O)CCC1=O)N1C(=O)CCC1=O. The molecule has 2 rings (SSSR count). The number of carboxylic acid groups (broad SMARTS) is 2. The monoisotopic (exact) mass is 488 g/mol. The van der Waals surface area contributed by atoms with Gasteiger partial charge in [0.05, 0.1) is 10.7 Å². The van der Waals surface area contributed by atoms with Gasteiger partial charge in [-0.1, -0.05) is 21.6 Å². The first-order chi connectivity index (χ1) is 15.2. The lowest BCUT2D eigenvalue weighted by atomic mass is 10.2. The van der Waals surface area contributed by atoms with E-state index >= 15 is 0 Å². The van der Waals surface area contributed by atoms with Crippen LogP contribution in [0.1, 0.15) is 77.0 Å². The molecule has 12 heteroatoms. The van der Waals surface area contributed by atoms with Gasteiger partial charge in [-0.25, -0.2) is 0 Å². The smallest absolute Gasteiger partial charge is 0.303 e. The first kappa shape index (κ1) is 26.2. The van der Waals surface area contributed by atoms with Crippen LogP contribution in [0.2, 0.25) is 0 Å². The number of rotatable bonds is 15. The second-order valence-electron chi connectivity index (χ2n) is 7.70. The highest BCUT2D eigenvalue weighted by molar-refractivity contribution is 8.77. The second-order valence-corrected chi connectivity index (χ2v) is 10.3. The van der Waals surface area contributed by atoms with Crippen molar-refractivity contribution in [1.29, 1.82) is 0 Å². The molecule has 10 nitrogen and oxygen atoms in total. The zero-order chi connectivity index (χ0) is 23.7. The van der Waals surface area contributed by atoms with Crippen molar-refractivity contribution in [3.8, 4) is 0 Å². The molecule has 0 aromatic heterocycles. The average Bonchev–Trinajstić information content (AvgIpc) is 3.23. The second kappa shape index (κ2) is 12.8. The summed E-state index contributed by atoms with van der Waals surface area (Å²) in [5.74, 6) is -2.94. The molecule has 0 saturated carbocycles. The van der Waals surface area contributed by atoms with Gasteiger partial charge in [-0.05, 0) is 38.5 Å². The van der Waals surface area contributed by atoms with E-state index in [1.807, 2.05) is 0 Å². The fraction of sp³-hybridized carbons (Fsp3) is 0.700. The van der Waals surface area contributed by atoms with Gasteiger partial charge >= 0.3 is 11.9 Å². The topological polar surface area (TPSA) is 149 Å². The van der Waals surface area contributed by atoms with Gasteiger partial charge in [0.2, 0.25) is 23.6 Å². The predicted molar refractivity (Wildman–Crippen MR) is 117 cm³/mol. The molecule has 178 valence electrons. The van der Waals surface area contributed by atoms with Crippen LogP contribution in [0.4, 0.5) is 0 Å². The van der Waals surface area contributed by atoms with E-state index in [0.29, 0.717) is 38.5 Å². The minimum atomic E-state index is -0.913. The molecule has 4 amide bonds. The molecule has 2 unspecified atom stereocenters. The van der Waals surface area contributed by atoms with Crippen molar-refractivity contribution < 1.29 is 39.0 Å². The summed E-state index contributed by atoms with van der Waals surface area (Å²) in [6.45, 7) is 0. The highest BCUT2D eigenvalue weighted by atomic mass is 33.1. The molecule has 0 aromatic carbocycles. The highest BCUT2D eigenvalue weighted by Crippen LogP contribution is 2.41. The third kappa shape index (κ3) is 7.80. The first-order valence-electron chi connectivity index (χ1n) is 10.7. The van der Waals surface area contributed by atoms with Gasteiger partial charge in [-0.2, -0.15) is 0 Å². The van der Waals surface area contributed by atoms with Crippen molar-refractivity contribution in [2.45, 2.75) is 87.8 Å². The molecule has 2 atom stereocenters. The normalized spacial score (nSPS) is 18.5. The van der Waals surface area contributed by atoms with Crippen LogP contribution in [0.3, 0.4) is 0 Å². The molecule has 32 heavy (non-hydrogen) atoms. The minimum absolute atomic E-state index is 0.00456. The average molecular weight is 489 g/mol. The molecule has 0 bridgehead atoms. The van der Waals surface area contributed by atoms with Crippen molar-refractivity contribution in [2.24, 2.45) is 0 Å². The Kier molecular flexibility index (Phi) is 10.5. The van der Waals surface area contributed by atoms with Crippen LogP contribution in [-0.2, 0) is 28.8 Å².